The Hall–Kier alpha value is -2.81. The van der Waals surface area contributed by atoms with Gasteiger partial charge in [-0.25, -0.2) is 18.3 Å². The standard InChI is InChI=1S/C19H18BrF2N5O/c1-12-18(25-26-27(12)11-14-5-2-3-8-16(14)22)24-19(28)23-17(10-21)13-6-4-7-15(20)9-13/h2-9,17H,10-11H2,1H3,(H2,23,24,28). The predicted octanol–water partition coefficient (Wildman–Crippen LogP) is 4.37. The molecule has 0 aliphatic heterocycles. The summed E-state index contributed by atoms with van der Waals surface area (Å²) < 4.78 is 29.5. The number of anilines is 1. The van der Waals surface area contributed by atoms with Crippen LogP contribution in [-0.2, 0) is 6.54 Å². The first-order valence-corrected chi connectivity index (χ1v) is 9.29. The number of carbonyl (C=O) groups is 1. The van der Waals surface area contributed by atoms with Crippen molar-refractivity contribution in [3.05, 3.63) is 75.6 Å². The van der Waals surface area contributed by atoms with Crippen LogP contribution in [0.15, 0.2) is 53.0 Å². The number of nitrogens with zero attached hydrogens (tertiary/aromatic N) is 3. The molecule has 0 aliphatic rings. The summed E-state index contributed by atoms with van der Waals surface area (Å²) in [6, 6.07) is 12.0. The van der Waals surface area contributed by atoms with Crippen molar-refractivity contribution in [2.75, 3.05) is 12.0 Å². The topological polar surface area (TPSA) is 71.8 Å². The van der Waals surface area contributed by atoms with Gasteiger partial charge >= 0.3 is 6.03 Å². The van der Waals surface area contributed by atoms with E-state index in [4.69, 9.17) is 0 Å². The minimum atomic E-state index is -0.800. The number of benzene rings is 2. The second kappa shape index (κ2) is 8.92. The molecule has 3 rings (SSSR count). The molecule has 28 heavy (non-hydrogen) atoms. The molecule has 0 saturated heterocycles. The Bertz CT molecular complexity index is 978. The lowest BCUT2D eigenvalue weighted by molar-refractivity contribution is 0.245. The summed E-state index contributed by atoms with van der Waals surface area (Å²) in [5.74, 6) is -0.120. The Labute approximate surface area is 169 Å². The molecule has 6 nitrogen and oxygen atoms in total. The van der Waals surface area contributed by atoms with E-state index in [0.717, 1.165) is 4.47 Å². The highest BCUT2D eigenvalue weighted by atomic mass is 79.9. The summed E-state index contributed by atoms with van der Waals surface area (Å²) in [5, 5.41) is 13.0. The summed E-state index contributed by atoms with van der Waals surface area (Å²) in [6.45, 7) is 1.13. The molecule has 1 unspecified atom stereocenters. The SMILES string of the molecule is Cc1c(NC(=O)NC(CF)c2cccc(Br)c2)nnn1Cc1ccccc1F. The molecule has 2 aromatic carbocycles. The number of hydrogen-bond acceptors (Lipinski definition) is 3. The molecule has 0 radical (unpaired) electrons. The third-order valence-electron chi connectivity index (χ3n) is 4.20. The van der Waals surface area contributed by atoms with Gasteiger partial charge in [0.05, 0.1) is 18.3 Å². The molecule has 2 amide bonds. The average Bonchev–Trinajstić information content (AvgIpc) is 3.01. The minimum absolute atomic E-state index is 0.181. The van der Waals surface area contributed by atoms with E-state index >= 15 is 0 Å². The first kappa shape index (κ1) is 19.9. The smallest absolute Gasteiger partial charge is 0.321 e. The van der Waals surface area contributed by atoms with Crippen molar-refractivity contribution in [1.82, 2.24) is 20.3 Å². The maximum atomic E-state index is 13.8. The molecule has 3 aromatic rings. The van der Waals surface area contributed by atoms with E-state index in [9.17, 15) is 13.6 Å². The lowest BCUT2D eigenvalue weighted by atomic mass is 10.1. The largest absolute Gasteiger partial charge is 0.328 e. The predicted molar refractivity (Wildman–Crippen MR) is 105 cm³/mol. The normalized spacial score (nSPS) is 11.9. The zero-order valence-electron chi connectivity index (χ0n) is 15.0. The zero-order valence-corrected chi connectivity index (χ0v) is 16.6. The van der Waals surface area contributed by atoms with Crippen LogP contribution in [0.2, 0.25) is 0 Å². The summed E-state index contributed by atoms with van der Waals surface area (Å²) in [5.41, 5.74) is 1.64. The molecule has 1 aromatic heterocycles. The maximum Gasteiger partial charge on any atom is 0.321 e. The van der Waals surface area contributed by atoms with Gasteiger partial charge in [0, 0.05) is 10.0 Å². The Balaban J connectivity index is 1.67. The van der Waals surface area contributed by atoms with Crippen LogP contribution in [0.25, 0.3) is 0 Å². The third kappa shape index (κ3) is 4.72. The molecular weight excluding hydrogens is 432 g/mol. The fraction of sp³-hybridized carbons (Fsp3) is 0.211. The van der Waals surface area contributed by atoms with Crippen LogP contribution in [0.4, 0.5) is 19.4 Å². The van der Waals surface area contributed by atoms with Gasteiger partial charge in [0.1, 0.15) is 12.5 Å². The van der Waals surface area contributed by atoms with Gasteiger partial charge in [-0.05, 0) is 30.7 Å². The van der Waals surface area contributed by atoms with Crippen LogP contribution in [0.5, 0.6) is 0 Å². The number of amides is 2. The van der Waals surface area contributed by atoms with Crippen LogP contribution in [0, 0.1) is 12.7 Å². The Kier molecular flexibility index (Phi) is 6.35. The van der Waals surface area contributed by atoms with Crippen LogP contribution in [0.3, 0.4) is 0 Å². The van der Waals surface area contributed by atoms with E-state index in [1.165, 1.54) is 10.7 Å². The van der Waals surface area contributed by atoms with E-state index < -0.39 is 18.7 Å². The lowest BCUT2D eigenvalue weighted by Crippen LogP contribution is -2.34. The van der Waals surface area contributed by atoms with E-state index in [1.54, 1.807) is 43.3 Å². The van der Waals surface area contributed by atoms with Crippen molar-refractivity contribution < 1.29 is 13.6 Å². The second-order valence-electron chi connectivity index (χ2n) is 6.13. The highest BCUT2D eigenvalue weighted by molar-refractivity contribution is 9.10. The molecule has 0 aliphatic carbocycles. The fourth-order valence-electron chi connectivity index (χ4n) is 2.65. The van der Waals surface area contributed by atoms with E-state index in [1.807, 2.05) is 6.07 Å². The van der Waals surface area contributed by atoms with Crippen molar-refractivity contribution in [2.45, 2.75) is 19.5 Å². The average molecular weight is 450 g/mol. The van der Waals surface area contributed by atoms with E-state index in [-0.39, 0.29) is 18.2 Å². The first-order chi connectivity index (χ1) is 13.5. The number of urea groups is 1. The number of nitrogens with one attached hydrogen (secondary N) is 2. The summed E-state index contributed by atoms with van der Waals surface area (Å²) >= 11 is 3.33. The highest BCUT2D eigenvalue weighted by Gasteiger charge is 2.17. The van der Waals surface area contributed by atoms with Crippen LogP contribution < -0.4 is 10.6 Å². The second-order valence-corrected chi connectivity index (χ2v) is 7.05. The molecule has 2 N–H and O–H groups in total. The molecule has 0 saturated carbocycles. The van der Waals surface area contributed by atoms with Crippen molar-refractivity contribution in [3.63, 3.8) is 0 Å². The number of carbonyl (C=O) groups excluding carboxylic acids is 1. The van der Waals surface area contributed by atoms with Crippen LogP contribution in [0.1, 0.15) is 22.9 Å². The van der Waals surface area contributed by atoms with Gasteiger partial charge in [-0.15, -0.1) is 5.10 Å². The van der Waals surface area contributed by atoms with Gasteiger partial charge in [0.25, 0.3) is 0 Å². The molecule has 0 bridgehead atoms. The Morgan fingerprint density at radius 2 is 2.04 bits per heavy atom. The Morgan fingerprint density at radius 1 is 1.25 bits per heavy atom. The monoisotopic (exact) mass is 449 g/mol. The molecular formula is C19H18BrF2N5O. The van der Waals surface area contributed by atoms with Crippen molar-refractivity contribution in [3.8, 4) is 0 Å². The number of aromatic nitrogens is 3. The van der Waals surface area contributed by atoms with Crippen LogP contribution in [-0.4, -0.2) is 27.7 Å². The third-order valence-corrected chi connectivity index (χ3v) is 4.70. The number of halogens is 3. The van der Waals surface area contributed by atoms with E-state index in [0.29, 0.717) is 16.8 Å². The molecule has 1 atom stereocenters. The summed E-state index contributed by atoms with van der Waals surface area (Å²) in [4.78, 5) is 12.3. The Morgan fingerprint density at radius 3 is 2.75 bits per heavy atom. The van der Waals surface area contributed by atoms with Gasteiger partial charge in [0.2, 0.25) is 0 Å². The van der Waals surface area contributed by atoms with Crippen molar-refractivity contribution >= 4 is 27.8 Å². The van der Waals surface area contributed by atoms with Gasteiger partial charge in [-0.1, -0.05) is 51.5 Å². The van der Waals surface area contributed by atoms with Crippen molar-refractivity contribution in [1.29, 1.82) is 0 Å². The summed E-state index contributed by atoms with van der Waals surface area (Å²) in [7, 11) is 0. The van der Waals surface area contributed by atoms with Gasteiger partial charge in [-0.3, -0.25) is 5.32 Å². The molecule has 0 fully saturated rings. The molecule has 1 heterocycles. The van der Waals surface area contributed by atoms with Gasteiger partial charge in [0.15, 0.2) is 5.82 Å². The fourth-order valence-corrected chi connectivity index (χ4v) is 3.07. The number of rotatable bonds is 6. The molecule has 0 spiro atoms. The van der Waals surface area contributed by atoms with Gasteiger partial charge in [-0.2, -0.15) is 0 Å². The number of alkyl halides is 1. The van der Waals surface area contributed by atoms with Crippen LogP contribution >= 0.6 is 15.9 Å². The summed E-state index contributed by atoms with van der Waals surface area (Å²) in [6.07, 6.45) is 0. The number of hydrogen-bond donors (Lipinski definition) is 2. The molecule has 9 heteroatoms. The molecule has 146 valence electrons. The minimum Gasteiger partial charge on any atom is -0.328 e. The zero-order chi connectivity index (χ0) is 20.1. The van der Waals surface area contributed by atoms with Gasteiger partial charge < -0.3 is 5.32 Å². The highest BCUT2D eigenvalue weighted by Crippen LogP contribution is 2.19. The van der Waals surface area contributed by atoms with E-state index in [2.05, 4.69) is 36.9 Å². The maximum absolute atomic E-state index is 13.8. The lowest BCUT2D eigenvalue weighted by Gasteiger charge is -2.16. The van der Waals surface area contributed by atoms with Crippen molar-refractivity contribution in [2.24, 2.45) is 0 Å². The quantitative estimate of drug-likeness (QED) is 0.586. The first-order valence-electron chi connectivity index (χ1n) is 8.50.